The van der Waals surface area contributed by atoms with Crippen LogP contribution in [-0.2, 0) is 61.9 Å². The molecule has 0 aromatic rings. The summed E-state index contributed by atoms with van der Waals surface area (Å²) < 4.78 is 37.8. The lowest BCUT2D eigenvalue weighted by atomic mass is 9.92. The Balaban J connectivity index is 6.58. The quantitative estimate of drug-likeness (QED) is 0.111. The van der Waals surface area contributed by atoms with E-state index in [2.05, 4.69) is 32.9 Å². The van der Waals surface area contributed by atoms with Crippen molar-refractivity contribution in [1.82, 2.24) is 0 Å². The third kappa shape index (κ3) is 14.6. The highest BCUT2D eigenvalue weighted by Crippen LogP contribution is 2.25. The average molecular weight is 623 g/mol. The lowest BCUT2D eigenvalue weighted by Crippen LogP contribution is -2.51. The van der Waals surface area contributed by atoms with Crippen molar-refractivity contribution in [3.8, 4) is 0 Å². The molecule has 0 rings (SSSR count). The van der Waals surface area contributed by atoms with Crippen molar-refractivity contribution in [1.29, 1.82) is 0 Å². The Hall–Kier alpha value is -4.52. The highest BCUT2D eigenvalue weighted by molar-refractivity contribution is 5.89. The minimum absolute atomic E-state index is 0.0315. The fourth-order valence-electron chi connectivity index (χ4n) is 2.78. The van der Waals surface area contributed by atoms with E-state index in [0.29, 0.717) is 0 Å². The molecule has 0 heterocycles. The first-order valence-corrected chi connectivity index (χ1v) is 13.2. The summed E-state index contributed by atoms with van der Waals surface area (Å²) in [7, 11) is 0. The Labute approximate surface area is 257 Å². The van der Waals surface area contributed by atoms with Crippen LogP contribution in [0.25, 0.3) is 0 Å². The van der Waals surface area contributed by atoms with Gasteiger partial charge in [-0.25, -0.2) is 24.0 Å². The molecule has 13 heteroatoms. The fraction of sp³-hybridized carbons (Fsp3) is 0.484. The van der Waals surface area contributed by atoms with Gasteiger partial charge in [0.2, 0.25) is 5.60 Å². The van der Waals surface area contributed by atoms with Gasteiger partial charge in [-0.2, -0.15) is 0 Å². The van der Waals surface area contributed by atoms with Gasteiger partial charge in [-0.15, -0.1) is 0 Å². The second-order valence-electron chi connectivity index (χ2n) is 10.6. The van der Waals surface area contributed by atoms with Gasteiger partial charge in [-0.3, -0.25) is 4.79 Å². The molecular formula is C31H42O13. The molecule has 244 valence electrons. The van der Waals surface area contributed by atoms with Gasteiger partial charge in [0, 0.05) is 34.8 Å². The molecule has 0 spiro atoms. The van der Waals surface area contributed by atoms with Gasteiger partial charge in [0.05, 0.1) is 18.6 Å². The molecule has 0 bridgehead atoms. The van der Waals surface area contributed by atoms with Gasteiger partial charge in [0.15, 0.2) is 0 Å². The minimum Gasteiger partial charge on any atom is -0.465 e. The molecule has 13 nitrogen and oxygen atoms in total. The Morgan fingerprint density at radius 2 is 0.750 bits per heavy atom. The van der Waals surface area contributed by atoms with Gasteiger partial charge in [0.1, 0.15) is 33.0 Å². The number of carbonyl (C=O) groups excluding carboxylic acids is 6. The first kappa shape index (κ1) is 39.5. The molecule has 0 unspecified atom stereocenters. The number of hydrogen-bond acceptors (Lipinski definition) is 13. The lowest BCUT2D eigenvalue weighted by Gasteiger charge is -2.35. The predicted molar refractivity (Wildman–Crippen MR) is 157 cm³/mol. The van der Waals surface area contributed by atoms with Crippen LogP contribution in [0.3, 0.4) is 0 Å². The monoisotopic (exact) mass is 622 g/mol. The molecule has 0 saturated heterocycles. The van der Waals surface area contributed by atoms with Crippen LogP contribution in [0.5, 0.6) is 0 Å². The molecule has 0 aliphatic carbocycles. The molecule has 0 aliphatic heterocycles. The molecule has 0 saturated carbocycles. The summed E-state index contributed by atoms with van der Waals surface area (Å²) in [6.45, 7) is 21.9. The summed E-state index contributed by atoms with van der Waals surface area (Å²) in [5.74, 6) is -4.87. The standard InChI is InChI=1S/C31H42O13/c1-19(2)25(33)40-14-30(13-39-24(11)32,15-41-26(34)20(3)4)12-38-16-31(44-29(37)23(9)10,17-42-27(35)21(5)6)18-43-28(36)22(7)8/h1,3,5,7,9,12-18H2,2,4,6,8,10-11H3. The van der Waals surface area contributed by atoms with E-state index in [1.54, 1.807) is 0 Å². The lowest BCUT2D eigenvalue weighted by molar-refractivity contribution is -0.195. The molecular weight excluding hydrogens is 580 g/mol. The Bertz CT molecular complexity index is 1130. The van der Waals surface area contributed by atoms with Crippen molar-refractivity contribution < 1.29 is 61.9 Å². The van der Waals surface area contributed by atoms with Gasteiger partial charge in [-0.1, -0.05) is 32.9 Å². The first-order chi connectivity index (χ1) is 20.3. The number of esters is 6. The zero-order valence-corrected chi connectivity index (χ0v) is 26.3. The SMILES string of the molecule is C=C(C)C(=O)OCC(COCC(COC(=O)C(=C)C)(COC(=O)C(=C)C)OC(=O)C(=C)C)(COC(C)=O)COC(=O)C(=C)C. The van der Waals surface area contributed by atoms with E-state index in [1.807, 2.05) is 0 Å². The smallest absolute Gasteiger partial charge is 0.333 e. The average Bonchev–Trinajstić information content (AvgIpc) is 2.93. The highest BCUT2D eigenvalue weighted by Gasteiger charge is 2.42. The molecule has 0 aromatic heterocycles. The molecule has 0 amide bonds. The number of ether oxygens (including phenoxy) is 7. The highest BCUT2D eigenvalue weighted by atomic mass is 16.6. The zero-order chi connectivity index (χ0) is 34.3. The zero-order valence-electron chi connectivity index (χ0n) is 26.3. The molecule has 0 radical (unpaired) electrons. The maximum atomic E-state index is 12.7. The van der Waals surface area contributed by atoms with E-state index < -0.39 is 93.1 Å². The van der Waals surface area contributed by atoms with Crippen LogP contribution in [0.4, 0.5) is 0 Å². The molecule has 0 aliphatic rings. The third-order valence-corrected chi connectivity index (χ3v) is 5.36. The van der Waals surface area contributed by atoms with E-state index in [4.69, 9.17) is 33.2 Å². The van der Waals surface area contributed by atoms with E-state index in [9.17, 15) is 28.8 Å². The second-order valence-corrected chi connectivity index (χ2v) is 10.6. The first-order valence-electron chi connectivity index (χ1n) is 13.2. The van der Waals surface area contributed by atoms with Crippen LogP contribution in [0, 0.1) is 5.41 Å². The van der Waals surface area contributed by atoms with Gasteiger partial charge in [0.25, 0.3) is 0 Å². The Morgan fingerprint density at radius 3 is 1.07 bits per heavy atom. The number of rotatable bonds is 20. The topological polar surface area (TPSA) is 167 Å². The predicted octanol–water partition coefficient (Wildman–Crippen LogP) is 2.89. The van der Waals surface area contributed by atoms with E-state index in [-0.39, 0.29) is 27.9 Å². The van der Waals surface area contributed by atoms with Crippen LogP contribution in [0.1, 0.15) is 41.5 Å². The molecule has 0 N–H and O–H groups in total. The summed E-state index contributed by atoms with van der Waals surface area (Å²) in [5, 5.41) is 0. The molecule has 0 atom stereocenters. The third-order valence-electron chi connectivity index (χ3n) is 5.36. The number of hydrogen-bond donors (Lipinski definition) is 0. The Kier molecular flexibility index (Phi) is 16.3. The summed E-state index contributed by atoms with van der Waals surface area (Å²) >= 11 is 0. The van der Waals surface area contributed by atoms with Gasteiger partial charge >= 0.3 is 35.8 Å². The van der Waals surface area contributed by atoms with Crippen LogP contribution < -0.4 is 0 Å². The number of carbonyl (C=O) groups is 6. The normalized spacial score (nSPS) is 10.9. The van der Waals surface area contributed by atoms with Crippen molar-refractivity contribution in [2.24, 2.45) is 5.41 Å². The van der Waals surface area contributed by atoms with Gasteiger partial charge in [-0.05, 0) is 34.6 Å². The largest absolute Gasteiger partial charge is 0.465 e. The van der Waals surface area contributed by atoms with Crippen LogP contribution in [0.2, 0.25) is 0 Å². The van der Waals surface area contributed by atoms with Crippen molar-refractivity contribution in [3.05, 3.63) is 60.8 Å². The van der Waals surface area contributed by atoms with Crippen molar-refractivity contribution in [3.63, 3.8) is 0 Å². The maximum Gasteiger partial charge on any atom is 0.333 e. The summed E-state index contributed by atoms with van der Waals surface area (Å²) in [5.41, 5.74) is -3.29. The van der Waals surface area contributed by atoms with Crippen LogP contribution in [-0.4, -0.2) is 87.7 Å². The summed E-state index contributed by atoms with van der Waals surface area (Å²) in [6.07, 6.45) is 0. The van der Waals surface area contributed by atoms with Crippen LogP contribution >= 0.6 is 0 Å². The van der Waals surface area contributed by atoms with Gasteiger partial charge < -0.3 is 33.2 Å². The van der Waals surface area contributed by atoms with Crippen molar-refractivity contribution >= 4 is 35.8 Å². The fourth-order valence-corrected chi connectivity index (χ4v) is 2.78. The summed E-state index contributed by atoms with van der Waals surface area (Å²) in [4.78, 5) is 73.3. The van der Waals surface area contributed by atoms with E-state index in [1.165, 1.54) is 34.6 Å². The molecule has 0 fully saturated rings. The molecule has 0 aromatic carbocycles. The summed E-state index contributed by atoms with van der Waals surface area (Å²) in [6, 6.07) is 0. The minimum atomic E-state index is -1.94. The Morgan fingerprint density at radius 1 is 0.432 bits per heavy atom. The van der Waals surface area contributed by atoms with E-state index in [0.717, 1.165) is 6.92 Å². The van der Waals surface area contributed by atoms with Crippen LogP contribution in [0.15, 0.2) is 60.8 Å². The van der Waals surface area contributed by atoms with Crippen molar-refractivity contribution in [2.45, 2.75) is 47.1 Å². The second kappa shape index (κ2) is 18.2. The van der Waals surface area contributed by atoms with Crippen molar-refractivity contribution in [2.75, 3.05) is 46.2 Å². The maximum absolute atomic E-state index is 12.7. The molecule has 44 heavy (non-hydrogen) atoms. The van der Waals surface area contributed by atoms with E-state index >= 15 is 0 Å².